The van der Waals surface area contributed by atoms with E-state index in [0.29, 0.717) is 12.1 Å². The Labute approximate surface area is 69.4 Å². The molecule has 0 atom stereocenters. The summed E-state index contributed by atoms with van der Waals surface area (Å²) in [5.74, 6) is -0.837. The zero-order valence-corrected chi connectivity index (χ0v) is 6.43. The molecule has 1 rings (SSSR count). The second kappa shape index (κ2) is 3.71. The number of aldehydes is 1. The lowest BCUT2D eigenvalue weighted by Gasteiger charge is -1.97. The van der Waals surface area contributed by atoms with Crippen molar-refractivity contribution in [1.82, 2.24) is 4.57 Å². The van der Waals surface area contributed by atoms with Gasteiger partial charge in [0.15, 0.2) is 6.29 Å². The van der Waals surface area contributed by atoms with Gasteiger partial charge in [0, 0.05) is 24.5 Å². The molecule has 0 aromatic carbocycles. The van der Waals surface area contributed by atoms with E-state index in [4.69, 9.17) is 5.11 Å². The molecule has 0 bridgehead atoms. The average molecular weight is 167 g/mol. The Kier molecular flexibility index (Phi) is 2.63. The van der Waals surface area contributed by atoms with Crippen molar-refractivity contribution in [2.24, 2.45) is 0 Å². The number of aromatic nitrogens is 1. The van der Waals surface area contributed by atoms with Gasteiger partial charge in [-0.05, 0) is 6.07 Å². The van der Waals surface area contributed by atoms with Crippen molar-refractivity contribution < 1.29 is 14.7 Å². The van der Waals surface area contributed by atoms with Gasteiger partial charge in [0.2, 0.25) is 0 Å². The van der Waals surface area contributed by atoms with Gasteiger partial charge >= 0.3 is 5.97 Å². The maximum Gasteiger partial charge on any atom is 0.305 e. The molecule has 1 aromatic rings. The SMILES string of the molecule is O=Cc1ccn(CCC(=O)O)c1. The van der Waals surface area contributed by atoms with E-state index < -0.39 is 5.97 Å². The molecule has 64 valence electrons. The Morgan fingerprint density at radius 3 is 2.92 bits per heavy atom. The van der Waals surface area contributed by atoms with Crippen molar-refractivity contribution >= 4 is 12.3 Å². The van der Waals surface area contributed by atoms with Gasteiger partial charge in [-0.25, -0.2) is 0 Å². The third-order valence-corrected chi connectivity index (χ3v) is 1.49. The molecule has 0 amide bonds. The highest BCUT2D eigenvalue weighted by molar-refractivity contribution is 5.74. The van der Waals surface area contributed by atoms with Gasteiger partial charge in [0.1, 0.15) is 0 Å². The second-order valence-corrected chi connectivity index (χ2v) is 2.44. The molecule has 0 spiro atoms. The molecule has 0 saturated carbocycles. The molecule has 1 N–H and O–H groups in total. The van der Waals surface area contributed by atoms with Gasteiger partial charge in [-0.3, -0.25) is 9.59 Å². The number of carboxylic acids is 1. The number of carboxylic acid groups (broad SMARTS) is 1. The van der Waals surface area contributed by atoms with Crippen LogP contribution >= 0.6 is 0 Å². The fourth-order valence-electron chi connectivity index (χ4n) is 0.893. The Bertz CT molecular complexity index is 290. The first-order valence-electron chi connectivity index (χ1n) is 3.55. The van der Waals surface area contributed by atoms with Gasteiger partial charge in [0.05, 0.1) is 6.42 Å². The number of nitrogens with zero attached hydrogens (tertiary/aromatic N) is 1. The third-order valence-electron chi connectivity index (χ3n) is 1.49. The summed E-state index contributed by atoms with van der Waals surface area (Å²) in [6, 6.07) is 1.65. The Hall–Kier alpha value is -1.58. The van der Waals surface area contributed by atoms with Crippen molar-refractivity contribution in [3.05, 3.63) is 24.0 Å². The van der Waals surface area contributed by atoms with Gasteiger partial charge in [-0.1, -0.05) is 0 Å². The monoisotopic (exact) mass is 167 g/mol. The molecule has 0 aliphatic heterocycles. The Morgan fingerprint density at radius 1 is 1.67 bits per heavy atom. The number of aliphatic carboxylic acids is 1. The predicted octanol–water partition coefficient (Wildman–Crippen LogP) is 0.775. The maximum absolute atomic E-state index is 10.2. The molecule has 0 aliphatic rings. The highest BCUT2D eigenvalue weighted by atomic mass is 16.4. The standard InChI is InChI=1S/C8H9NO3/c10-6-7-1-3-9(5-7)4-2-8(11)12/h1,3,5-6H,2,4H2,(H,11,12). The highest BCUT2D eigenvalue weighted by Crippen LogP contribution is 1.98. The van der Waals surface area contributed by atoms with Gasteiger partial charge in [-0.15, -0.1) is 0 Å². The lowest BCUT2D eigenvalue weighted by atomic mass is 10.4. The smallest absolute Gasteiger partial charge is 0.305 e. The Morgan fingerprint density at radius 2 is 2.42 bits per heavy atom. The van der Waals surface area contributed by atoms with Crippen LogP contribution in [0.4, 0.5) is 0 Å². The van der Waals surface area contributed by atoms with Crippen molar-refractivity contribution in [3.63, 3.8) is 0 Å². The quantitative estimate of drug-likeness (QED) is 0.674. The molecule has 0 fully saturated rings. The van der Waals surface area contributed by atoms with E-state index in [1.807, 2.05) is 0 Å². The van der Waals surface area contributed by atoms with Crippen LogP contribution in [0.5, 0.6) is 0 Å². The van der Waals surface area contributed by atoms with E-state index >= 15 is 0 Å². The zero-order valence-electron chi connectivity index (χ0n) is 6.43. The van der Waals surface area contributed by atoms with Crippen LogP contribution < -0.4 is 0 Å². The van der Waals surface area contributed by atoms with Crippen LogP contribution in [0.15, 0.2) is 18.5 Å². The van der Waals surface area contributed by atoms with E-state index in [1.165, 1.54) is 0 Å². The lowest BCUT2D eigenvalue weighted by molar-refractivity contribution is -0.137. The normalized spacial score (nSPS) is 9.67. The summed E-state index contributed by atoms with van der Waals surface area (Å²) in [5, 5.41) is 8.36. The van der Waals surface area contributed by atoms with Crippen LogP contribution in [0, 0.1) is 0 Å². The number of carbonyl (C=O) groups is 2. The van der Waals surface area contributed by atoms with Crippen molar-refractivity contribution in [3.8, 4) is 0 Å². The lowest BCUT2D eigenvalue weighted by Crippen LogP contribution is -2.02. The summed E-state index contributed by atoms with van der Waals surface area (Å²) in [7, 11) is 0. The maximum atomic E-state index is 10.2. The number of carbonyl (C=O) groups excluding carboxylic acids is 1. The van der Waals surface area contributed by atoms with Gasteiger partial charge in [0.25, 0.3) is 0 Å². The molecule has 1 aromatic heterocycles. The second-order valence-electron chi connectivity index (χ2n) is 2.44. The first kappa shape index (κ1) is 8.52. The van der Waals surface area contributed by atoms with Crippen LogP contribution in [0.25, 0.3) is 0 Å². The molecule has 12 heavy (non-hydrogen) atoms. The predicted molar refractivity (Wildman–Crippen MR) is 42.1 cm³/mol. The number of rotatable bonds is 4. The van der Waals surface area contributed by atoms with Crippen molar-refractivity contribution in [1.29, 1.82) is 0 Å². The highest BCUT2D eigenvalue weighted by Gasteiger charge is 1.98. The fourth-order valence-corrected chi connectivity index (χ4v) is 0.893. The van der Waals surface area contributed by atoms with E-state index in [2.05, 4.69) is 0 Å². The largest absolute Gasteiger partial charge is 0.481 e. The zero-order chi connectivity index (χ0) is 8.97. The summed E-state index contributed by atoms with van der Waals surface area (Å²) in [6.07, 6.45) is 4.12. The van der Waals surface area contributed by atoms with Gasteiger partial charge in [-0.2, -0.15) is 0 Å². The summed E-state index contributed by atoms with van der Waals surface area (Å²) < 4.78 is 1.68. The third kappa shape index (κ3) is 2.23. The fraction of sp³-hybridized carbons (Fsp3) is 0.250. The molecule has 4 nitrogen and oxygen atoms in total. The van der Waals surface area contributed by atoms with E-state index in [9.17, 15) is 9.59 Å². The molecule has 0 radical (unpaired) electrons. The molecule has 4 heteroatoms. The van der Waals surface area contributed by atoms with Crippen LogP contribution in [0.1, 0.15) is 16.8 Å². The van der Waals surface area contributed by atoms with Crippen molar-refractivity contribution in [2.45, 2.75) is 13.0 Å². The first-order chi connectivity index (χ1) is 5.72. The molecule has 0 saturated heterocycles. The van der Waals surface area contributed by atoms with Crippen LogP contribution in [0.2, 0.25) is 0 Å². The summed E-state index contributed by atoms with van der Waals surface area (Å²) in [4.78, 5) is 20.4. The first-order valence-corrected chi connectivity index (χ1v) is 3.55. The summed E-state index contributed by atoms with van der Waals surface area (Å²) in [6.45, 7) is 0.406. The molecular weight excluding hydrogens is 158 g/mol. The average Bonchev–Trinajstić information content (AvgIpc) is 2.48. The van der Waals surface area contributed by atoms with Crippen LogP contribution in [-0.2, 0) is 11.3 Å². The van der Waals surface area contributed by atoms with E-state index in [0.717, 1.165) is 6.29 Å². The molecular formula is C8H9NO3. The van der Waals surface area contributed by atoms with Crippen molar-refractivity contribution in [2.75, 3.05) is 0 Å². The topological polar surface area (TPSA) is 59.3 Å². The summed E-state index contributed by atoms with van der Waals surface area (Å²) >= 11 is 0. The Balaban J connectivity index is 2.52. The molecule has 0 aliphatic carbocycles. The minimum Gasteiger partial charge on any atom is -0.481 e. The van der Waals surface area contributed by atoms with E-state index in [-0.39, 0.29) is 6.42 Å². The van der Waals surface area contributed by atoms with E-state index in [1.54, 1.807) is 23.0 Å². The molecule has 0 unspecified atom stereocenters. The summed E-state index contributed by atoms with van der Waals surface area (Å²) in [5.41, 5.74) is 0.570. The van der Waals surface area contributed by atoms with Crippen LogP contribution in [0.3, 0.4) is 0 Å². The number of hydrogen-bond acceptors (Lipinski definition) is 2. The number of hydrogen-bond donors (Lipinski definition) is 1. The minimum absolute atomic E-state index is 0.0764. The number of aryl methyl sites for hydroxylation is 1. The minimum atomic E-state index is -0.837. The van der Waals surface area contributed by atoms with Crippen LogP contribution in [-0.4, -0.2) is 21.9 Å². The molecule has 1 heterocycles. The van der Waals surface area contributed by atoms with Gasteiger partial charge < -0.3 is 9.67 Å².